The van der Waals surface area contributed by atoms with Crippen LogP contribution in [0.2, 0.25) is 0 Å². The predicted molar refractivity (Wildman–Crippen MR) is 55.7 cm³/mol. The molecule has 0 bridgehead atoms. The molecule has 0 aromatic heterocycles. The van der Waals surface area contributed by atoms with Crippen LogP contribution in [-0.4, -0.2) is 5.11 Å². The van der Waals surface area contributed by atoms with Crippen molar-refractivity contribution in [1.82, 2.24) is 0 Å². The number of aryl methyl sites for hydroxylation is 1. The molecule has 0 aliphatic carbocycles. The Kier molecular flexibility index (Phi) is 2.99. The highest BCUT2D eigenvalue weighted by atomic mass is 16.3. The van der Waals surface area contributed by atoms with Crippen LogP contribution in [0.1, 0.15) is 30.9 Å². The van der Waals surface area contributed by atoms with E-state index in [0.717, 1.165) is 11.1 Å². The molecule has 14 heavy (non-hydrogen) atoms. The van der Waals surface area contributed by atoms with Crippen LogP contribution in [0.5, 0.6) is 5.75 Å². The molecule has 1 N–H and O–H groups in total. The third-order valence-corrected chi connectivity index (χ3v) is 2.15. The summed E-state index contributed by atoms with van der Waals surface area (Å²) in [7, 11) is 0. The van der Waals surface area contributed by atoms with Crippen LogP contribution in [-0.2, 0) is 0 Å². The monoisotopic (exact) mass is 191 g/mol. The average molecular weight is 191 g/mol. The van der Waals surface area contributed by atoms with Gasteiger partial charge in [-0.05, 0) is 29.5 Å². The molecule has 1 aromatic carbocycles. The lowest BCUT2D eigenvalue weighted by Crippen LogP contribution is -1.89. The summed E-state index contributed by atoms with van der Waals surface area (Å²) in [6, 6.07) is 3.70. The van der Waals surface area contributed by atoms with Gasteiger partial charge in [-0.2, -0.15) is 0 Å². The minimum absolute atomic E-state index is 0.0952. The molecule has 1 aromatic rings. The molecule has 0 unspecified atom stereocenters. The van der Waals surface area contributed by atoms with Gasteiger partial charge >= 0.3 is 0 Å². The summed E-state index contributed by atoms with van der Waals surface area (Å²) in [6.07, 6.45) is 0. The summed E-state index contributed by atoms with van der Waals surface area (Å²) in [5.41, 5.74) is 10.3. The fourth-order valence-corrected chi connectivity index (χ4v) is 1.33. The molecular weight excluding hydrogens is 178 g/mol. The van der Waals surface area contributed by atoms with Crippen molar-refractivity contribution in [1.29, 1.82) is 0 Å². The summed E-state index contributed by atoms with van der Waals surface area (Å²) in [5.74, 6) is 0.307. The standard InChI is InChI=1S/C10H13N3O/c1-6(2)8-5-4-7(3)9(10(8)14)12-13-11/h4-6,14H,1-3H3. The third-order valence-electron chi connectivity index (χ3n) is 2.15. The number of hydrogen-bond acceptors (Lipinski definition) is 2. The number of aromatic hydroxyl groups is 1. The lowest BCUT2D eigenvalue weighted by molar-refractivity contribution is 0.466. The number of phenolic OH excluding ortho intramolecular Hbond substituents is 1. The van der Waals surface area contributed by atoms with Crippen LogP contribution in [0.3, 0.4) is 0 Å². The number of benzene rings is 1. The lowest BCUT2D eigenvalue weighted by atomic mass is 9.99. The molecule has 0 spiro atoms. The Labute approximate surface area is 82.8 Å². The van der Waals surface area contributed by atoms with Gasteiger partial charge in [0.1, 0.15) is 5.75 Å². The zero-order valence-corrected chi connectivity index (χ0v) is 8.52. The van der Waals surface area contributed by atoms with Crippen LogP contribution < -0.4 is 0 Å². The van der Waals surface area contributed by atoms with Crippen molar-refractivity contribution in [3.8, 4) is 5.75 Å². The molecule has 0 aliphatic heterocycles. The summed E-state index contributed by atoms with van der Waals surface area (Å²) < 4.78 is 0. The Bertz CT molecular complexity index is 393. The highest BCUT2D eigenvalue weighted by Gasteiger charge is 2.11. The molecule has 0 fully saturated rings. The van der Waals surface area contributed by atoms with E-state index in [1.165, 1.54) is 0 Å². The largest absolute Gasteiger partial charge is 0.507 e. The molecule has 4 heteroatoms. The second-order valence-electron chi connectivity index (χ2n) is 3.51. The topological polar surface area (TPSA) is 69.0 Å². The molecule has 0 radical (unpaired) electrons. The van der Waals surface area contributed by atoms with E-state index in [-0.39, 0.29) is 11.7 Å². The number of rotatable bonds is 2. The van der Waals surface area contributed by atoms with Gasteiger partial charge in [-0.1, -0.05) is 31.1 Å². The van der Waals surface area contributed by atoms with Gasteiger partial charge in [0.2, 0.25) is 0 Å². The van der Waals surface area contributed by atoms with Gasteiger partial charge in [0.15, 0.2) is 0 Å². The molecule has 0 heterocycles. The fourth-order valence-electron chi connectivity index (χ4n) is 1.33. The molecule has 0 aliphatic rings. The Hall–Kier alpha value is -1.67. The molecule has 0 atom stereocenters. The number of azide groups is 1. The van der Waals surface area contributed by atoms with Gasteiger partial charge in [0.25, 0.3) is 0 Å². The molecule has 1 rings (SSSR count). The first kappa shape index (κ1) is 10.4. The number of nitrogens with zero attached hydrogens (tertiary/aromatic N) is 3. The molecular formula is C10H13N3O. The highest BCUT2D eigenvalue weighted by molar-refractivity contribution is 5.60. The van der Waals surface area contributed by atoms with E-state index in [0.29, 0.717) is 5.69 Å². The van der Waals surface area contributed by atoms with Crippen molar-refractivity contribution >= 4 is 5.69 Å². The van der Waals surface area contributed by atoms with Crippen LogP contribution >= 0.6 is 0 Å². The van der Waals surface area contributed by atoms with E-state index in [4.69, 9.17) is 5.53 Å². The molecule has 0 saturated heterocycles. The zero-order valence-electron chi connectivity index (χ0n) is 8.52. The number of hydrogen-bond donors (Lipinski definition) is 1. The van der Waals surface area contributed by atoms with E-state index in [9.17, 15) is 5.11 Å². The average Bonchev–Trinajstić information content (AvgIpc) is 2.11. The zero-order chi connectivity index (χ0) is 10.7. The first-order valence-corrected chi connectivity index (χ1v) is 4.45. The SMILES string of the molecule is Cc1ccc(C(C)C)c(O)c1N=[N+]=[N-]. The summed E-state index contributed by atoms with van der Waals surface area (Å²) in [5, 5.41) is 13.3. The van der Waals surface area contributed by atoms with Crippen LogP contribution in [0.25, 0.3) is 10.4 Å². The van der Waals surface area contributed by atoms with Gasteiger partial charge in [-0.25, -0.2) is 0 Å². The minimum atomic E-state index is 0.0952. The molecule has 0 saturated carbocycles. The predicted octanol–water partition coefficient (Wildman–Crippen LogP) is 3.77. The smallest absolute Gasteiger partial charge is 0.128 e. The Morgan fingerprint density at radius 3 is 2.57 bits per heavy atom. The van der Waals surface area contributed by atoms with E-state index < -0.39 is 0 Å². The second kappa shape index (κ2) is 4.03. The number of phenols is 1. The van der Waals surface area contributed by atoms with Crippen molar-refractivity contribution < 1.29 is 5.11 Å². The third kappa shape index (κ3) is 1.80. The van der Waals surface area contributed by atoms with Crippen molar-refractivity contribution in [2.24, 2.45) is 5.11 Å². The maximum atomic E-state index is 9.81. The Balaban J connectivity index is 3.40. The lowest BCUT2D eigenvalue weighted by Gasteiger charge is -2.11. The summed E-state index contributed by atoms with van der Waals surface area (Å²) >= 11 is 0. The first-order valence-electron chi connectivity index (χ1n) is 4.45. The van der Waals surface area contributed by atoms with E-state index in [1.807, 2.05) is 26.0 Å². The van der Waals surface area contributed by atoms with Crippen molar-refractivity contribution in [2.45, 2.75) is 26.7 Å². The highest BCUT2D eigenvalue weighted by Crippen LogP contribution is 2.37. The molecule has 74 valence electrons. The Morgan fingerprint density at radius 2 is 2.07 bits per heavy atom. The second-order valence-corrected chi connectivity index (χ2v) is 3.51. The van der Waals surface area contributed by atoms with E-state index in [1.54, 1.807) is 6.92 Å². The summed E-state index contributed by atoms with van der Waals surface area (Å²) in [6.45, 7) is 5.75. The van der Waals surface area contributed by atoms with Crippen LogP contribution in [0.4, 0.5) is 5.69 Å². The van der Waals surface area contributed by atoms with Gasteiger partial charge in [0.05, 0.1) is 5.69 Å². The molecule has 0 amide bonds. The normalized spacial score (nSPS) is 10.0. The van der Waals surface area contributed by atoms with Crippen molar-refractivity contribution in [3.63, 3.8) is 0 Å². The van der Waals surface area contributed by atoms with Gasteiger partial charge in [-0.15, -0.1) is 0 Å². The van der Waals surface area contributed by atoms with E-state index >= 15 is 0 Å². The van der Waals surface area contributed by atoms with Gasteiger partial charge < -0.3 is 5.11 Å². The van der Waals surface area contributed by atoms with E-state index in [2.05, 4.69) is 10.0 Å². The van der Waals surface area contributed by atoms with Crippen LogP contribution in [0.15, 0.2) is 17.2 Å². The maximum Gasteiger partial charge on any atom is 0.128 e. The van der Waals surface area contributed by atoms with Crippen LogP contribution in [0, 0.1) is 6.92 Å². The maximum absolute atomic E-state index is 9.81. The molecule has 4 nitrogen and oxygen atoms in total. The van der Waals surface area contributed by atoms with Crippen molar-refractivity contribution in [2.75, 3.05) is 0 Å². The fraction of sp³-hybridized carbons (Fsp3) is 0.400. The Morgan fingerprint density at radius 1 is 1.43 bits per heavy atom. The first-order chi connectivity index (χ1) is 6.57. The van der Waals surface area contributed by atoms with Crippen molar-refractivity contribution in [3.05, 3.63) is 33.7 Å². The minimum Gasteiger partial charge on any atom is -0.507 e. The summed E-state index contributed by atoms with van der Waals surface area (Å²) in [4.78, 5) is 2.69. The van der Waals surface area contributed by atoms with Gasteiger partial charge in [-0.3, -0.25) is 0 Å². The quantitative estimate of drug-likeness (QED) is 0.431. The van der Waals surface area contributed by atoms with Gasteiger partial charge in [0, 0.05) is 4.91 Å².